The van der Waals surface area contributed by atoms with Crippen LogP contribution in [0, 0.1) is 10.8 Å². The molecule has 0 atom stereocenters. The summed E-state index contributed by atoms with van der Waals surface area (Å²) in [4.78, 5) is 23.6. The fourth-order valence-electron chi connectivity index (χ4n) is 0.443. The summed E-state index contributed by atoms with van der Waals surface area (Å²) in [5.41, 5.74) is 0. The minimum absolute atomic E-state index is 0.000695. The monoisotopic (exact) mass is 232 g/mol. The fraction of sp³-hybridized carbons (Fsp3) is 0.429. The number of carbonyl (C=O) groups excluding carboxylic acids is 2. The Morgan fingerprint density at radius 3 is 2.58 bits per heavy atom. The lowest BCUT2D eigenvalue weighted by molar-refractivity contribution is -0.124. The second-order valence-electron chi connectivity index (χ2n) is 1.96. The van der Waals surface area contributed by atoms with E-state index in [4.69, 9.17) is 0 Å². The van der Waals surface area contributed by atoms with E-state index in [-0.39, 0.29) is 24.9 Å². The van der Waals surface area contributed by atoms with E-state index in [2.05, 4.69) is 37.3 Å². The van der Waals surface area contributed by atoms with Gasteiger partial charge in [-0.05, 0) is 4.83 Å². The van der Waals surface area contributed by atoms with Gasteiger partial charge in [0, 0.05) is 22.9 Å². The fourth-order valence-corrected chi connectivity index (χ4v) is 0.584. The van der Waals surface area contributed by atoms with Crippen LogP contribution in [0.25, 0.3) is 0 Å². The van der Waals surface area contributed by atoms with Gasteiger partial charge in [-0.2, -0.15) is 0 Å². The first-order valence-corrected chi connectivity index (χ1v) is 4.05. The third-order valence-electron chi connectivity index (χ3n) is 0.939. The van der Waals surface area contributed by atoms with Crippen molar-refractivity contribution in [3.8, 4) is 10.8 Å². The lowest BCUT2D eigenvalue weighted by atomic mass is 10.5. The Labute approximate surface area is 79.2 Å². The molecule has 0 aromatic carbocycles. The van der Waals surface area contributed by atoms with Gasteiger partial charge >= 0.3 is 0 Å². The van der Waals surface area contributed by atoms with Gasteiger partial charge in [0.25, 0.3) is 0 Å². The predicted molar refractivity (Wildman–Crippen MR) is 48.4 cm³/mol. The molecule has 4 nitrogen and oxygen atoms in total. The van der Waals surface area contributed by atoms with Crippen LogP contribution in [0.3, 0.4) is 0 Å². The molecule has 0 aromatic heterocycles. The van der Waals surface area contributed by atoms with Crippen molar-refractivity contribution in [2.75, 3.05) is 13.1 Å². The molecule has 2 amide bonds. The quantitative estimate of drug-likeness (QED) is 0.651. The van der Waals surface area contributed by atoms with Gasteiger partial charge in [0.05, 0.1) is 13.1 Å². The largest absolute Gasteiger partial charge is 0.347 e. The maximum absolute atomic E-state index is 10.8. The number of rotatable bonds is 3. The minimum atomic E-state index is -0.250. The maximum atomic E-state index is 10.8. The Morgan fingerprint density at radius 2 is 2.08 bits per heavy atom. The Hall–Kier alpha value is -1.02. The molecule has 0 fully saturated rings. The average molecular weight is 233 g/mol. The molecule has 2 N–H and O–H groups in total. The van der Waals surface area contributed by atoms with Crippen LogP contribution in [-0.2, 0) is 9.59 Å². The van der Waals surface area contributed by atoms with Crippen LogP contribution >= 0.6 is 15.9 Å². The lowest BCUT2D eigenvalue weighted by Crippen LogP contribution is -2.35. The highest BCUT2D eigenvalue weighted by molar-refractivity contribution is 9.12. The van der Waals surface area contributed by atoms with Crippen LogP contribution in [-0.4, -0.2) is 24.9 Å². The van der Waals surface area contributed by atoms with Gasteiger partial charge in [-0.1, -0.05) is 5.92 Å². The highest BCUT2D eigenvalue weighted by Crippen LogP contribution is 1.68. The van der Waals surface area contributed by atoms with Gasteiger partial charge < -0.3 is 10.6 Å². The zero-order valence-corrected chi connectivity index (χ0v) is 8.19. The van der Waals surface area contributed by atoms with Crippen LogP contribution in [0.1, 0.15) is 6.92 Å². The summed E-state index contributed by atoms with van der Waals surface area (Å²) in [5.74, 6) is 2.11. The molecule has 0 aliphatic carbocycles. The molecule has 0 aromatic rings. The van der Waals surface area contributed by atoms with Gasteiger partial charge in [0.2, 0.25) is 11.8 Å². The Balaban J connectivity index is 3.44. The van der Waals surface area contributed by atoms with Crippen molar-refractivity contribution in [3.05, 3.63) is 0 Å². The van der Waals surface area contributed by atoms with Crippen molar-refractivity contribution < 1.29 is 9.59 Å². The van der Waals surface area contributed by atoms with Crippen molar-refractivity contribution >= 4 is 27.7 Å². The number of halogens is 1. The number of hydrogen-bond donors (Lipinski definition) is 2. The summed E-state index contributed by atoms with van der Waals surface area (Å²) < 4.78 is 0. The van der Waals surface area contributed by atoms with Crippen molar-refractivity contribution in [2.24, 2.45) is 0 Å². The second-order valence-corrected chi connectivity index (χ2v) is 2.35. The maximum Gasteiger partial charge on any atom is 0.240 e. The molecule has 0 saturated heterocycles. The molecule has 0 saturated carbocycles. The third-order valence-corrected chi connectivity index (χ3v) is 1.22. The van der Waals surface area contributed by atoms with Gasteiger partial charge in [0.1, 0.15) is 0 Å². The van der Waals surface area contributed by atoms with Crippen LogP contribution in [0.2, 0.25) is 0 Å². The van der Waals surface area contributed by atoms with Crippen molar-refractivity contribution in [1.29, 1.82) is 0 Å². The molecule has 5 heteroatoms. The molecule has 0 radical (unpaired) electrons. The molecule has 66 valence electrons. The summed E-state index contributed by atoms with van der Waals surface area (Å²) in [6, 6.07) is 0. The molecule has 0 heterocycles. The first-order valence-electron chi connectivity index (χ1n) is 3.26. The van der Waals surface area contributed by atoms with Gasteiger partial charge in [-0.15, -0.1) is 0 Å². The van der Waals surface area contributed by atoms with Crippen LogP contribution in [0.5, 0.6) is 0 Å². The van der Waals surface area contributed by atoms with Gasteiger partial charge in [0.15, 0.2) is 0 Å². The van der Waals surface area contributed by atoms with Crippen LogP contribution in [0.15, 0.2) is 0 Å². The lowest BCUT2D eigenvalue weighted by Gasteiger charge is -2.00. The average Bonchev–Trinajstić information content (AvgIpc) is 2.01. The zero-order chi connectivity index (χ0) is 9.40. The SMILES string of the molecule is CC(=O)NCC(=O)NCC#CBr. The van der Waals surface area contributed by atoms with Crippen molar-refractivity contribution in [1.82, 2.24) is 10.6 Å². The predicted octanol–water partition coefficient (Wildman–Crippen LogP) is -0.405. The molecule has 0 aliphatic rings. The summed E-state index contributed by atoms with van der Waals surface area (Å²) in [6.45, 7) is 1.63. The minimum Gasteiger partial charge on any atom is -0.347 e. The van der Waals surface area contributed by atoms with E-state index in [0.717, 1.165) is 0 Å². The zero-order valence-electron chi connectivity index (χ0n) is 6.61. The van der Waals surface area contributed by atoms with Crippen LogP contribution < -0.4 is 10.6 Å². The van der Waals surface area contributed by atoms with Crippen molar-refractivity contribution in [2.45, 2.75) is 6.92 Å². The summed E-state index contributed by atoms with van der Waals surface area (Å²) in [6.07, 6.45) is 0. The van der Waals surface area contributed by atoms with Gasteiger partial charge in [-0.3, -0.25) is 9.59 Å². The molecule has 0 rings (SSSR count). The van der Waals surface area contributed by atoms with E-state index >= 15 is 0 Å². The normalized spacial score (nSPS) is 7.83. The highest BCUT2D eigenvalue weighted by Gasteiger charge is 1.98. The summed E-state index contributed by atoms with van der Waals surface area (Å²) in [7, 11) is 0. The summed E-state index contributed by atoms with van der Waals surface area (Å²) in [5, 5.41) is 4.84. The third kappa shape index (κ3) is 7.09. The van der Waals surface area contributed by atoms with Crippen LogP contribution in [0.4, 0.5) is 0 Å². The molecular weight excluding hydrogens is 224 g/mol. The standard InChI is InChI=1S/C7H9BrN2O2/c1-6(11)10-5-7(12)9-4-2-3-8/h4-5H2,1H3,(H,9,12)(H,10,11). The first kappa shape index (κ1) is 11.0. The van der Waals surface area contributed by atoms with E-state index in [1.165, 1.54) is 6.92 Å². The van der Waals surface area contributed by atoms with E-state index in [9.17, 15) is 9.59 Å². The molecule has 0 spiro atoms. The smallest absolute Gasteiger partial charge is 0.240 e. The molecule has 0 unspecified atom stereocenters. The van der Waals surface area contributed by atoms with E-state index in [0.29, 0.717) is 0 Å². The number of carbonyl (C=O) groups is 2. The van der Waals surface area contributed by atoms with E-state index < -0.39 is 0 Å². The molecular formula is C7H9BrN2O2. The summed E-state index contributed by atoms with van der Waals surface area (Å²) >= 11 is 2.88. The Morgan fingerprint density at radius 1 is 1.42 bits per heavy atom. The van der Waals surface area contributed by atoms with Gasteiger partial charge in [-0.25, -0.2) is 0 Å². The van der Waals surface area contributed by atoms with E-state index in [1.807, 2.05) is 0 Å². The second kappa shape index (κ2) is 6.68. The van der Waals surface area contributed by atoms with E-state index in [1.54, 1.807) is 0 Å². The molecule has 12 heavy (non-hydrogen) atoms. The highest BCUT2D eigenvalue weighted by atomic mass is 79.9. The number of hydrogen-bond acceptors (Lipinski definition) is 2. The molecule has 0 bridgehead atoms. The first-order chi connectivity index (χ1) is 5.66. The number of amides is 2. The number of nitrogens with one attached hydrogen (secondary N) is 2. The topological polar surface area (TPSA) is 58.2 Å². The Bertz CT molecular complexity index is 229. The molecule has 0 aliphatic heterocycles. The van der Waals surface area contributed by atoms with Crippen molar-refractivity contribution in [3.63, 3.8) is 0 Å². The Kier molecular flexibility index (Phi) is 6.11.